The molecule has 0 aliphatic heterocycles. The molecule has 1 heterocycles. The molecule has 0 fully saturated rings. The maximum Gasteiger partial charge on any atom is 0.370 e. The zero-order valence-corrected chi connectivity index (χ0v) is 8.93. The number of rotatable bonds is 4. The summed E-state index contributed by atoms with van der Waals surface area (Å²) in [6.07, 6.45) is 1.61. The molecule has 5 nitrogen and oxygen atoms in total. The Morgan fingerprint density at radius 3 is 3.21 bits per heavy atom. The van der Waals surface area contributed by atoms with E-state index in [0.717, 1.165) is 0 Å². The molecular formula is C7H8ClN3O2S. The standard InChI is InChI=1S/C7H8ClN3O2S/c1-2-13-6(12)5(8)10-11-7-9-3-4-14-7/h3-4H,2H2,1H3,(H,9,11)/b10-5-. The first kappa shape index (κ1) is 10.9. The maximum atomic E-state index is 11.0. The van der Waals surface area contributed by atoms with Gasteiger partial charge in [-0.3, -0.25) is 5.43 Å². The molecule has 1 aromatic heterocycles. The topological polar surface area (TPSA) is 63.6 Å². The lowest BCUT2D eigenvalue weighted by molar-refractivity contribution is -0.134. The van der Waals surface area contributed by atoms with Crippen LogP contribution in [-0.2, 0) is 9.53 Å². The molecule has 0 radical (unpaired) electrons. The fraction of sp³-hybridized carbons (Fsp3) is 0.286. The van der Waals surface area contributed by atoms with Gasteiger partial charge in [0.05, 0.1) is 6.61 Å². The second kappa shape index (κ2) is 5.56. The number of hydrogen-bond acceptors (Lipinski definition) is 6. The Labute approximate surface area is 89.7 Å². The molecule has 0 saturated heterocycles. The monoisotopic (exact) mass is 233 g/mol. The molecule has 0 bridgehead atoms. The van der Waals surface area contributed by atoms with Crippen LogP contribution in [0.4, 0.5) is 5.13 Å². The van der Waals surface area contributed by atoms with Gasteiger partial charge in [-0.1, -0.05) is 11.6 Å². The lowest BCUT2D eigenvalue weighted by atomic mass is 10.7. The Kier molecular flexibility index (Phi) is 4.34. The van der Waals surface area contributed by atoms with Gasteiger partial charge < -0.3 is 4.74 Å². The first-order valence-electron chi connectivity index (χ1n) is 3.80. The fourth-order valence-corrected chi connectivity index (χ4v) is 1.18. The predicted molar refractivity (Wildman–Crippen MR) is 55.7 cm³/mol. The molecule has 0 aliphatic carbocycles. The van der Waals surface area contributed by atoms with E-state index >= 15 is 0 Å². The third-order valence-corrected chi connectivity index (χ3v) is 2.04. The minimum absolute atomic E-state index is 0.248. The molecule has 0 amide bonds. The van der Waals surface area contributed by atoms with E-state index in [1.54, 1.807) is 18.5 Å². The van der Waals surface area contributed by atoms with Crippen LogP contribution in [0.25, 0.3) is 0 Å². The van der Waals surface area contributed by atoms with E-state index in [2.05, 4.69) is 20.2 Å². The maximum absolute atomic E-state index is 11.0. The molecule has 1 rings (SSSR count). The van der Waals surface area contributed by atoms with Gasteiger partial charge in [0.15, 0.2) is 0 Å². The summed E-state index contributed by atoms with van der Waals surface area (Å²) in [4.78, 5) is 14.8. The van der Waals surface area contributed by atoms with Gasteiger partial charge in [0.25, 0.3) is 0 Å². The van der Waals surface area contributed by atoms with Crippen LogP contribution in [0.2, 0.25) is 0 Å². The van der Waals surface area contributed by atoms with Crippen molar-refractivity contribution in [2.45, 2.75) is 6.92 Å². The van der Waals surface area contributed by atoms with E-state index in [1.807, 2.05) is 0 Å². The van der Waals surface area contributed by atoms with Crippen molar-refractivity contribution < 1.29 is 9.53 Å². The number of halogens is 1. The molecule has 0 saturated carbocycles. The highest BCUT2D eigenvalue weighted by Gasteiger charge is 2.08. The summed E-state index contributed by atoms with van der Waals surface area (Å²) in [5, 5.41) is 5.68. The Balaban J connectivity index is 2.48. The van der Waals surface area contributed by atoms with Gasteiger partial charge in [-0.15, -0.1) is 11.3 Å². The molecule has 0 spiro atoms. The van der Waals surface area contributed by atoms with Crippen molar-refractivity contribution in [2.75, 3.05) is 12.0 Å². The van der Waals surface area contributed by atoms with Gasteiger partial charge in [0, 0.05) is 11.6 Å². The number of carbonyl (C=O) groups is 1. The number of anilines is 1. The Morgan fingerprint density at radius 2 is 2.64 bits per heavy atom. The first-order chi connectivity index (χ1) is 6.74. The smallest absolute Gasteiger partial charge is 0.370 e. The van der Waals surface area contributed by atoms with Crippen LogP contribution in [0.1, 0.15) is 6.92 Å². The van der Waals surface area contributed by atoms with Gasteiger partial charge in [0.2, 0.25) is 10.3 Å². The number of nitrogens with one attached hydrogen (secondary N) is 1. The molecule has 0 aromatic carbocycles. The van der Waals surface area contributed by atoms with Crippen LogP contribution in [0.3, 0.4) is 0 Å². The van der Waals surface area contributed by atoms with Crippen molar-refractivity contribution in [3.8, 4) is 0 Å². The molecule has 7 heteroatoms. The molecular weight excluding hydrogens is 226 g/mol. The number of esters is 1. The van der Waals surface area contributed by atoms with Gasteiger partial charge in [-0.25, -0.2) is 9.78 Å². The third kappa shape index (κ3) is 3.31. The minimum atomic E-state index is -0.654. The second-order valence-corrected chi connectivity index (χ2v) is 3.32. The summed E-state index contributed by atoms with van der Waals surface area (Å²) >= 11 is 6.87. The lowest BCUT2D eigenvalue weighted by Gasteiger charge is -1.98. The molecule has 1 aromatic rings. The summed E-state index contributed by atoms with van der Waals surface area (Å²) in [5.74, 6) is -0.654. The summed E-state index contributed by atoms with van der Waals surface area (Å²) < 4.78 is 4.61. The normalized spacial score (nSPS) is 11.1. The number of hydrogen-bond donors (Lipinski definition) is 1. The van der Waals surface area contributed by atoms with Crippen LogP contribution >= 0.6 is 22.9 Å². The van der Waals surface area contributed by atoms with Crippen molar-refractivity contribution in [1.29, 1.82) is 0 Å². The summed E-state index contributed by atoms with van der Waals surface area (Å²) in [6, 6.07) is 0. The number of carbonyl (C=O) groups excluding carboxylic acids is 1. The zero-order valence-electron chi connectivity index (χ0n) is 7.36. The van der Waals surface area contributed by atoms with Crippen molar-refractivity contribution in [3.63, 3.8) is 0 Å². The summed E-state index contributed by atoms with van der Waals surface area (Å²) in [6.45, 7) is 1.96. The molecule has 0 aliphatic rings. The first-order valence-corrected chi connectivity index (χ1v) is 5.05. The van der Waals surface area contributed by atoms with Crippen molar-refractivity contribution in [1.82, 2.24) is 4.98 Å². The van der Waals surface area contributed by atoms with Gasteiger partial charge in [-0.2, -0.15) is 5.10 Å². The van der Waals surface area contributed by atoms with E-state index in [0.29, 0.717) is 5.13 Å². The van der Waals surface area contributed by atoms with Crippen LogP contribution in [-0.4, -0.2) is 22.7 Å². The highest BCUT2D eigenvalue weighted by Crippen LogP contribution is 2.10. The number of nitrogens with zero attached hydrogens (tertiary/aromatic N) is 2. The summed E-state index contributed by atoms with van der Waals surface area (Å²) in [7, 11) is 0. The highest BCUT2D eigenvalue weighted by atomic mass is 35.5. The van der Waals surface area contributed by atoms with E-state index in [9.17, 15) is 4.79 Å². The second-order valence-electron chi connectivity index (χ2n) is 2.07. The molecule has 0 atom stereocenters. The van der Waals surface area contributed by atoms with Crippen molar-refractivity contribution in [3.05, 3.63) is 11.6 Å². The van der Waals surface area contributed by atoms with E-state index in [4.69, 9.17) is 11.6 Å². The fourth-order valence-electron chi connectivity index (χ4n) is 0.612. The number of ether oxygens (including phenoxy) is 1. The van der Waals surface area contributed by atoms with E-state index in [-0.39, 0.29) is 11.8 Å². The Bertz CT molecular complexity index is 326. The highest BCUT2D eigenvalue weighted by molar-refractivity contribution is 7.13. The SMILES string of the molecule is CCOC(=O)/C(Cl)=N/Nc1nccs1. The van der Waals surface area contributed by atoms with Gasteiger partial charge in [0.1, 0.15) is 0 Å². The molecule has 1 N–H and O–H groups in total. The third-order valence-electron chi connectivity index (χ3n) is 1.13. The van der Waals surface area contributed by atoms with Crippen LogP contribution < -0.4 is 5.43 Å². The largest absolute Gasteiger partial charge is 0.461 e. The Hall–Kier alpha value is -1.14. The minimum Gasteiger partial charge on any atom is -0.461 e. The lowest BCUT2D eigenvalue weighted by Crippen LogP contribution is -2.13. The average molecular weight is 234 g/mol. The Morgan fingerprint density at radius 1 is 1.86 bits per heavy atom. The number of thiazole rings is 1. The number of aromatic nitrogens is 1. The van der Waals surface area contributed by atoms with Crippen molar-refractivity contribution >= 4 is 39.2 Å². The van der Waals surface area contributed by atoms with Crippen molar-refractivity contribution in [2.24, 2.45) is 5.10 Å². The molecule has 76 valence electrons. The van der Waals surface area contributed by atoms with Gasteiger partial charge in [-0.05, 0) is 6.92 Å². The zero-order chi connectivity index (χ0) is 10.4. The average Bonchev–Trinajstić information content (AvgIpc) is 2.67. The molecule has 14 heavy (non-hydrogen) atoms. The predicted octanol–water partition coefficient (Wildman–Crippen LogP) is 1.67. The van der Waals surface area contributed by atoms with E-state index < -0.39 is 5.97 Å². The number of hydrazone groups is 1. The summed E-state index contributed by atoms with van der Waals surface area (Å²) in [5.41, 5.74) is 2.53. The van der Waals surface area contributed by atoms with E-state index in [1.165, 1.54) is 11.3 Å². The quantitative estimate of drug-likeness (QED) is 0.488. The van der Waals surface area contributed by atoms with Crippen LogP contribution in [0, 0.1) is 0 Å². The van der Waals surface area contributed by atoms with Crippen LogP contribution in [0.15, 0.2) is 16.7 Å². The molecule has 0 unspecified atom stereocenters. The van der Waals surface area contributed by atoms with Gasteiger partial charge >= 0.3 is 5.97 Å². The van der Waals surface area contributed by atoms with Crippen LogP contribution in [0.5, 0.6) is 0 Å².